The Morgan fingerprint density at radius 1 is 1.32 bits per heavy atom. The van der Waals surface area contributed by atoms with Crippen molar-refractivity contribution in [1.29, 1.82) is 0 Å². The van der Waals surface area contributed by atoms with Crippen LogP contribution in [0.25, 0.3) is 0 Å². The van der Waals surface area contributed by atoms with E-state index in [0.29, 0.717) is 5.69 Å². The minimum Gasteiger partial charge on any atom is -0.326 e. The molecule has 9 nitrogen and oxygen atoms in total. The van der Waals surface area contributed by atoms with Gasteiger partial charge in [0, 0.05) is 12.6 Å². The van der Waals surface area contributed by atoms with Gasteiger partial charge in [0.2, 0.25) is 11.8 Å². The van der Waals surface area contributed by atoms with E-state index in [-0.39, 0.29) is 35.2 Å². The van der Waals surface area contributed by atoms with Crippen molar-refractivity contribution >= 4 is 28.9 Å². The fourth-order valence-electron chi connectivity index (χ4n) is 2.33. The zero-order valence-corrected chi connectivity index (χ0v) is 13.8. The van der Waals surface area contributed by atoms with Gasteiger partial charge < -0.3 is 10.6 Å². The summed E-state index contributed by atoms with van der Waals surface area (Å²) in [5.74, 6) is -1.62. The average molecular weight is 349 g/mol. The Morgan fingerprint density at radius 3 is 2.56 bits per heavy atom. The lowest BCUT2D eigenvalue weighted by molar-refractivity contribution is -0.386. The largest absolute Gasteiger partial charge is 0.326 e. The number of hydrogen-bond donors (Lipinski definition) is 2. The number of anilines is 2. The summed E-state index contributed by atoms with van der Waals surface area (Å²) in [6, 6.07) is 3.74. The van der Waals surface area contributed by atoms with E-state index in [1.807, 2.05) is 0 Å². The van der Waals surface area contributed by atoms with Gasteiger partial charge in [0.1, 0.15) is 23.7 Å². The minimum atomic E-state index is -0.679. The number of amides is 2. The SMILES string of the molecule is CC(=O)Nc1ccc(F)c(NC(=O)Cn2nc(C)c([N+](=O)[O-])c2C)c1. The first-order valence-corrected chi connectivity index (χ1v) is 7.24. The number of rotatable bonds is 5. The van der Waals surface area contributed by atoms with Gasteiger partial charge in [-0.05, 0) is 32.0 Å². The molecule has 132 valence electrons. The maximum atomic E-state index is 13.8. The Kier molecular flexibility index (Phi) is 5.11. The van der Waals surface area contributed by atoms with Crippen LogP contribution in [0.3, 0.4) is 0 Å². The fourth-order valence-corrected chi connectivity index (χ4v) is 2.33. The van der Waals surface area contributed by atoms with Crippen LogP contribution in [0.2, 0.25) is 0 Å². The number of aryl methyl sites for hydroxylation is 1. The maximum absolute atomic E-state index is 13.8. The van der Waals surface area contributed by atoms with Crippen LogP contribution in [0.1, 0.15) is 18.3 Å². The van der Waals surface area contributed by atoms with Crippen LogP contribution in [-0.2, 0) is 16.1 Å². The zero-order chi connectivity index (χ0) is 18.7. The molecular weight excluding hydrogens is 333 g/mol. The van der Waals surface area contributed by atoms with Crippen molar-refractivity contribution in [2.24, 2.45) is 0 Å². The van der Waals surface area contributed by atoms with E-state index in [1.54, 1.807) is 0 Å². The van der Waals surface area contributed by atoms with Crippen molar-refractivity contribution in [3.05, 3.63) is 45.5 Å². The highest BCUT2D eigenvalue weighted by Crippen LogP contribution is 2.22. The third kappa shape index (κ3) is 4.16. The quantitative estimate of drug-likeness (QED) is 0.633. The Labute approximate surface area is 142 Å². The summed E-state index contributed by atoms with van der Waals surface area (Å²) in [6.45, 7) is 3.93. The van der Waals surface area contributed by atoms with Crippen molar-refractivity contribution in [3.63, 3.8) is 0 Å². The highest BCUT2D eigenvalue weighted by molar-refractivity contribution is 5.93. The third-order valence-corrected chi connectivity index (χ3v) is 3.38. The van der Waals surface area contributed by atoms with Crippen molar-refractivity contribution in [3.8, 4) is 0 Å². The smallest absolute Gasteiger partial charge is 0.312 e. The molecule has 2 amide bonds. The molecular formula is C15H16FN5O4. The second-order valence-corrected chi connectivity index (χ2v) is 5.36. The topological polar surface area (TPSA) is 119 Å². The van der Waals surface area contributed by atoms with Gasteiger partial charge in [-0.15, -0.1) is 0 Å². The molecule has 0 spiro atoms. The molecule has 0 unspecified atom stereocenters. The lowest BCUT2D eigenvalue weighted by Crippen LogP contribution is -2.21. The molecule has 2 rings (SSSR count). The lowest BCUT2D eigenvalue weighted by Gasteiger charge is -2.09. The second-order valence-electron chi connectivity index (χ2n) is 5.36. The van der Waals surface area contributed by atoms with Crippen LogP contribution >= 0.6 is 0 Å². The number of nitrogens with one attached hydrogen (secondary N) is 2. The maximum Gasteiger partial charge on any atom is 0.312 e. The van der Waals surface area contributed by atoms with Gasteiger partial charge in [0.15, 0.2) is 0 Å². The number of carbonyl (C=O) groups excluding carboxylic acids is 2. The molecule has 0 fully saturated rings. The van der Waals surface area contributed by atoms with Crippen molar-refractivity contribution in [1.82, 2.24) is 9.78 Å². The first-order valence-electron chi connectivity index (χ1n) is 7.24. The molecule has 2 N–H and O–H groups in total. The molecule has 0 atom stereocenters. The molecule has 2 aromatic rings. The number of aromatic nitrogens is 2. The first kappa shape index (κ1) is 18.0. The summed E-state index contributed by atoms with van der Waals surface area (Å²) >= 11 is 0. The summed E-state index contributed by atoms with van der Waals surface area (Å²) in [5, 5.41) is 19.8. The van der Waals surface area contributed by atoms with Crippen molar-refractivity contribution < 1.29 is 18.9 Å². The predicted molar refractivity (Wildman–Crippen MR) is 87.7 cm³/mol. The highest BCUT2D eigenvalue weighted by atomic mass is 19.1. The van der Waals surface area contributed by atoms with Crippen molar-refractivity contribution in [2.75, 3.05) is 10.6 Å². The third-order valence-electron chi connectivity index (χ3n) is 3.38. The second kappa shape index (κ2) is 7.07. The first-order chi connectivity index (χ1) is 11.7. The van der Waals surface area contributed by atoms with E-state index in [2.05, 4.69) is 15.7 Å². The Bertz CT molecular complexity index is 862. The monoisotopic (exact) mass is 349 g/mol. The molecule has 10 heteroatoms. The molecule has 0 radical (unpaired) electrons. The van der Waals surface area contributed by atoms with Crippen LogP contribution < -0.4 is 10.6 Å². The van der Waals surface area contributed by atoms with Crippen LogP contribution in [0.4, 0.5) is 21.5 Å². The number of nitrogens with zero attached hydrogens (tertiary/aromatic N) is 3. The van der Waals surface area contributed by atoms with Crippen molar-refractivity contribution in [2.45, 2.75) is 27.3 Å². The minimum absolute atomic E-state index is 0.118. The number of halogens is 1. The predicted octanol–water partition coefficient (Wildman–Crippen LogP) is 2.14. The number of carbonyl (C=O) groups is 2. The fraction of sp³-hybridized carbons (Fsp3) is 0.267. The Morgan fingerprint density at radius 2 is 2.00 bits per heavy atom. The molecule has 0 aliphatic heterocycles. The zero-order valence-electron chi connectivity index (χ0n) is 13.8. The van der Waals surface area contributed by atoms with E-state index in [1.165, 1.54) is 37.6 Å². The van der Waals surface area contributed by atoms with Gasteiger partial charge in [-0.25, -0.2) is 4.39 Å². The van der Waals surface area contributed by atoms with Gasteiger partial charge in [0.05, 0.1) is 10.6 Å². The van der Waals surface area contributed by atoms with Gasteiger partial charge in [-0.3, -0.25) is 24.4 Å². The van der Waals surface area contributed by atoms with E-state index >= 15 is 0 Å². The summed E-state index contributed by atoms with van der Waals surface area (Å²) < 4.78 is 15.0. The summed E-state index contributed by atoms with van der Waals surface area (Å²) in [7, 11) is 0. The Balaban J connectivity index is 2.17. The normalized spacial score (nSPS) is 10.4. The summed E-state index contributed by atoms with van der Waals surface area (Å²) in [6.07, 6.45) is 0. The summed E-state index contributed by atoms with van der Waals surface area (Å²) in [5.41, 5.74) is 0.462. The van der Waals surface area contributed by atoms with Crippen LogP contribution in [0.5, 0.6) is 0 Å². The molecule has 0 aliphatic rings. The molecule has 25 heavy (non-hydrogen) atoms. The average Bonchev–Trinajstić information content (AvgIpc) is 2.76. The standard InChI is InChI=1S/C15H16FN5O4/c1-8-15(21(24)25)9(2)20(19-8)7-14(23)18-13-6-11(17-10(3)22)4-5-12(13)16/h4-6H,7H2,1-3H3,(H,17,22)(H,18,23). The van der Waals surface area contributed by atoms with E-state index in [4.69, 9.17) is 0 Å². The van der Waals surface area contributed by atoms with E-state index in [0.717, 1.165) is 6.07 Å². The number of nitro groups is 1. The molecule has 0 bridgehead atoms. The number of benzene rings is 1. The molecule has 1 heterocycles. The van der Waals surface area contributed by atoms with E-state index in [9.17, 15) is 24.1 Å². The molecule has 0 aliphatic carbocycles. The van der Waals surface area contributed by atoms with E-state index < -0.39 is 16.6 Å². The van der Waals surface area contributed by atoms with Crippen LogP contribution in [0, 0.1) is 29.8 Å². The molecule has 0 saturated carbocycles. The summed E-state index contributed by atoms with van der Waals surface area (Å²) in [4.78, 5) is 33.6. The number of hydrogen-bond acceptors (Lipinski definition) is 5. The van der Waals surface area contributed by atoms with Crippen LogP contribution in [-0.4, -0.2) is 26.5 Å². The molecule has 0 saturated heterocycles. The van der Waals surface area contributed by atoms with Gasteiger partial charge in [0.25, 0.3) is 0 Å². The highest BCUT2D eigenvalue weighted by Gasteiger charge is 2.23. The van der Waals surface area contributed by atoms with Gasteiger partial charge in [-0.2, -0.15) is 5.10 Å². The van der Waals surface area contributed by atoms with Gasteiger partial charge in [-0.1, -0.05) is 0 Å². The molecule has 1 aromatic carbocycles. The molecule has 1 aromatic heterocycles. The van der Waals surface area contributed by atoms with Crippen LogP contribution in [0.15, 0.2) is 18.2 Å². The lowest BCUT2D eigenvalue weighted by atomic mass is 10.2. The van der Waals surface area contributed by atoms with Gasteiger partial charge >= 0.3 is 5.69 Å². The Hall–Kier alpha value is -3.30.